The van der Waals surface area contributed by atoms with Crippen molar-refractivity contribution in [2.75, 3.05) is 20.8 Å². The number of ether oxygens (including phenoxy) is 2. The van der Waals surface area contributed by atoms with Crippen LogP contribution in [0.15, 0.2) is 12.1 Å². The minimum atomic E-state index is 0.127. The highest BCUT2D eigenvalue weighted by atomic mass is 16.5. The first-order valence-corrected chi connectivity index (χ1v) is 6.66. The van der Waals surface area contributed by atoms with Crippen molar-refractivity contribution in [1.82, 2.24) is 0 Å². The summed E-state index contributed by atoms with van der Waals surface area (Å²) in [5.41, 5.74) is 8.54. The van der Waals surface area contributed by atoms with Crippen LogP contribution in [0.1, 0.15) is 37.3 Å². The molecule has 3 heteroatoms. The lowest BCUT2D eigenvalue weighted by Gasteiger charge is -2.42. The summed E-state index contributed by atoms with van der Waals surface area (Å²) in [5, 5.41) is 0. The molecule has 0 amide bonds. The van der Waals surface area contributed by atoms with Gasteiger partial charge in [-0.2, -0.15) is 0 Å². The third-order valence-electron chi connectivity index (χ3n) is 4.27. The average molecular weight is 249 g/mol. The molecule has 0 heterocycles. The minimum Gasteiger partial charge on any atom is -0.496 e. The topological polar surface area (TPSA) is 44.5 Å². The number of rotatable bonds is 5. The molecule has 100 valence electrons. The smallest absolute Gasteiger partial charge is 0.129 e. The van der Waals surface area contributed by atoms with E-state index in [1.165, 1.54) is 12.0 Å². The molecule has 0 radical (unpaired) electrons. The largest absolute Gasteiger partial charge is 0.496 e. The SMILES string of the molecule is CCc1c(OC)ccc(C2(CN)CCC2)c1OC. The zero-order valence-electron chi connectivity index (χ0n) is 11.6. The van der Waals surface area contributed by atoms with E-state index in [2.05, 4.69) is 13.0 Å². The van der Waals surface area contributed by atoms with E-state index in [-0.39, 0.29) is 5.41 Å². The van der Waals surface area contributed by atoms with Crippen LogP contribution in [-0.2, 0) is 11.8 Å². The van der Waals surface area contributed by atoms with Crippen LogP contribution in [0.2, 0.25) is 0 Å². The van der Waals surface area contributed by atoms with Gasteiger partial charge in [0.2, 0.25) is 0 Å². The van der Waals surface area contributed by atoms with Gasteiger partial charge in [-0.15, -0.1) is 0 Å². The van der Waals surface area contributed by atoms with E-state index in [0.29, 0.717) is 6.54 Å². The molecule has 1 aromatic carbocycles. The number of hydrogen-bond donors (Lipinski definition) is 1. The van der Waals surface area contributed by atoms with Crippen molar-refractivity contribution in [3.8, 4) is 11.5 Å². The molecule has 0 aliphatic heterocycles. The molecule has 0 bridgehead atoms. The summed E-state index contributed by atoms with van der Waals surface area (Å²) in [7, 11) is 3.44. The molecule has 0 unspecified atom stereocenters. The van der Waals surface area contributed by atoms with Gasteiger partial charge in [-0.25, -0.2) is 0 Å². The minimum absolute atomic E-state index is 0.127. The second-order valence-corrected chi connectivity index (χ2v) is 5.02. The number of benzene rings is 1. The van der Waals surface area contributed by atoms with E-state index in [1.54, 1.807) is 14.2 Å². The Morgan fingerprint density at radius 1 is 1.22 bits per heavy atom. The Morgan fingerprint density at radius 3 is 2.33 bits per heavy atom. The lowest BCUT2D eigenvalue weighted by molar-refractivity contribution is 0.242. The molecule has 3 nitrogen and oxygen atoms in total. The highest BCUT2D eigenvalue weighted by Gasteiger charge is 2.40. The predicted octanol–water partition coefficient (Wildman–Crippen LogP) is 2.65. The van der Waals surface area contributed by atoms with Crippen LogP contribution in [0.5, 0.6) is 11.5 Å². The van der Waals surface area contributed by atoms with Gasteiger partial charge in [-0.05, 0) is 25.3 Å². The second kappa shape index (κ2) is 5.19. The van der Waals surface area contributed by atoms with Crippen LogP contribution in [0.4, 0.5) is 0 Å². The highest BCUT2D eigenvalue weighted by molar-refractivity contribution is 5.53. The zero-order valence-corrected chi connectivity index (χ0v) is 11.6. The van der Waals surface area contributed by atoms with Crippen molar-refractivity contribution in [1.29, 1.82) is 0 Å². The van der Waals surface area contributed by atoms with Crippen molar-refractivity contribution in [3.05, 3.63) is 23.3 Å². The van der Waals surface area contributed by atoms with E-state index in [0.717, 1.165) is 36.3 Å². The van der Waals surface area contributed by atoms with E-state index < -0.39 is 0 Å². The van der Waals surface area contributed by atoms with Crippen molar-refractivity contribution in [2.24, 2.45) is 5.73 Å². The van der Waals surface area contributed by atoms with Gasteiger partial charge in [0.1, 0.15) is 11.5 Å². The van der Waals surface area contributed by atoms with Crippen LogP contribution < -0.4 is 15.2 Å². The Morgan fingerprint density at radius 2 is 1.94 bits per heavy atom. The quantitative estimate of drug-likeness (QED) is 0.872. The Labute approximate surface area is 109 Å². The fourth-order valence-corrected chi connectivity index (χ4v) is 2.97. The number of methoxy groups -OCH3 is 2. The molecule has 18 heavy (non-hydrogen) atoms. The first-order chi connectivity index (χ1) is 8.72. The summed E-state index contributed by atoms with van der Waals surface area (Å²) in [4.78, 5) is 0. The van der Waals surface area contributed by atoms with Crippen molar-refractivity contribution < 1.29 is 9.47 Å². The van der Waals surface area contributed by atoms with Gasteiger partial charge in [0.25, 0.3) is 0 Å². The number of nitrogens with two attached hydrogens (primary N) is 1. The van der Waals surface area contributed by atoms with Gasteiger partial charge >= 0.3 is 0 Å². The van der Waals surface area contributed by atoms with Gasteiger partial charge in [0.15, 0.2) is 0 Å². The van der Waals surface area contributed by atoms with Crippen LogP contribution in [-0.4, -0.2) is 20.8 Å². The fraction of sp³-hybridized carbons (Fsp3) is 0.600. The molecule has 1 saturated carbocycles. The Kier molecular flexibility index (Phi) is 3.81. The number of hydrogen-bond acceptors (Lipinski definition) is 3. The molecule has 1 aromatic rings. The molecular weight excluding hydrogens is 226 g/mol. The van der Waals surface area contributed by atoms with Crippen molar-refractivity contribution in [2.45, 2.75) is 38.0 Å². The lowest BCUT2D eigenvalue weighted by atomic mass is 9.64. The molecule has 1 fully saturated rings. The monoisotopic (exact) mass is 249 g/mol. The maximum atomic E-state index is 6.00. The lowest BCUT2D eigenvalue weighted by Crippen LogP contribution is -2.41. The average Bonchev–Trinajstić information content (AvgIpc) is 2.37. The maximum absolute atomic E-state index is 6.00. The van der Waals surface area contributed by atoms with E-state index >= 15 is 0 Å². The van der Waals surface area contributed by atoms with Crippen molar-refractivity contribution in [3.63, 3.8) is 0 Å². The van der Waals surface area contributed by atoms with E-state index in [1.807, 2.05) is 6.07 Å². The van der Waals surface area contributed by atoms with Gasteiger partial charge in [-0.1, -0.05) is 19.4 Å². The molecule has 1 aliphatic rings. The summed E-state index contributed by atoms with van der Waals surface area (Å²) < 4.78 is 11.1. The standard InChI is InChI=1S/C15H23NO2/c1-4-11-13(17-2)7-6-12(14(11)18-3)15(10-16)8-5-9-15/h6-7H,4-5,8-10,16H2,1-3H3. The van der Waals surface area contributed by atoms with E-state index in [4.69, 9.17) is 15.2 Å². The van der Waals surface area contributed by atoms with E-state index in [9.17, 15) is 0 Å². The first-order valence-electron chi connectivity index (χ1n) is 6.66. The fourth-order valence-electron chi connectivity index (χ4n) is 2.97. The third kappa shape index (κ3) is 1.87. The molecule has 2 N–H and O–H groups in total. The van der Waals surface area contributed by atoms with Gasteiger partial charge in [0.05, 0.1) is 14.2 Å². The summed E-state index contributed by atoms with van der Waals surface area (Å²) >= 11 is 0. The maximum Gasteiger partial charge on any atom is 0.129 e. The normalized spacial score (nSPS) is 17.1. The molecule has 0 aromatic heterocycles. The Hall–Kier alpha value is -1.22. The first kappa shape index (κ1) is 13.2. The summed E-state index contributed by atoms with van der Waals surface area (Å²) in [6.07, 6.45) is 4.49. The molecular formula is C15H23NO2. The van der Waals surface area contributed by atoms with Crippen LogP contribution in [0.3, 0.4) is 0 Å². The second-order valence-electron chi connectivity index (χ2n) is 5.02. The molecule has 1 aliphatic carbocycles. The van der Waals surface area contributed by atoms with Crippen molar-refractivity contribution >= 4 is 0 Å². The zero-order chi connectivity index (χ0) is 13.2. The Balaban J connectivity index is 2.54. The third-order valence-corrected chi connectivity index (χ3v) is 4.27. The Bertz CT molecular complexity index is 419. The van der Waals surface area contributed by atoms with Crippen LogP contribution >= 0.6 is 0 Å². The molecule has 0 spiro atoms. The van der Waals surface area contributed by atoms with Gasteiger partial charge in [-0.3, -0.25) is 0 Å². The van der Waals surface area contributed by atoms with Crippen LogP contribution in [0.25, 0.3) is 0 Å². The summed E-state index contributed by atoms with van der Waals surface area (Å²) in [6, 6.07) is 4.18. The summed E-state index contributed by atoms with van der Waals surface area (Å²) in [6.45, 7) is 2.82. The molecule has 0 atom stereocenters. The van der Waals surface area contributed by atoms with Crippen LogP contribution in [0, 0.1) is 0 Å². The molecule has 2 rings (SSSR count). The van der Waals surface area contributed by atoms with Gasteiger partial charge in [0, 0.05) is 23.1 Å². The highest BCUT2D eigenvalue weighted by Crippen LogP contribution is 2.48. The molecule has 0 saturated heterocycles. The predicted molar refractivity (Wildman–Crippen MR) is 73.5 cm³/mol. The summed E-state index contributed by atoms with van der Waals surface area (Å²) in [5.74, 6) is 1.88. The van der Waals surface area contributed by atoms with Gasteiger partial charge < -0.3 is 15.2 Å².